The van der Waals surface area contributed by atoms with Crippen LogP contribution < -0.4 is 0 Å². The lowest BCUT2D eigenvalue weighted by molar-refractivity contribution is 0.200. The number of rotatable bonds is 1. The van der Waals surface area contributed by atoms with Crippen LogP contribution in [-0.4, -0.2) is 33.6 Å². The standard InChI is InChI=1S/C13H21N3O/c1-11(2)12-4-3-7-15(8-5-12)13(17)16-9-6-14-10-16/h6,9-12H,3-5,7-8H2,1-2H3. The molecule has 2 heterocycles. The molecule has 1 amide bonds. The first-order valence-corrected chi connectivity index (χ1v) is 6.45. The molecule has 0 saturated carbocycles. The number of likely N-dealkylation sites (tertiary alicyclic amines) is 1. The first-order valence-electron chi connectivity index (χ1n) is 6.45. The van der Waals surface area contributed by atoms with E-state index in [-0.39, 0.29) is 6.03 Å². The van der Waals surface area contributed by atoms with Crippen LogP contribution in [0.25, 0.3) is 0 Å². The van der Waals surface area contributed by atoms with E-state index >= 15 is 0 Å². The summed E-state index contributed by atoms with van der Waals surface area (Å²) in [5.41, 5.74) is 0. The molecule has 0 bridgehead atoms. The molecule has 1 aliphatic rings. The molecule has 1 aliphatic heterocycles. The summed E-state index contributed by atoms with van der Waals surface area (Å²) in [5, 5.41) is 0. The highest BCUT2D eigenvalue weighted by Crippen LogP contribution is 2.24. The van der Waals surface area contributed by atoms with Gasteiger partial charge in [-0.1, -0.05) is 13.8 Å². The first-order chi connectivity index (χ1) is 8.18. The van der Waals surface area contributed by atoms with Crippen molar-refractivity contribution in [3.8, 4) is 0 Å². The van der Waals surface area contributed by atoms with Gasteiger partial charge in [0.15, 0.2) is 0 Å². The summed E-state index contributed by atoms with van der Waals surface area (Å²) < 4.78 is 1.57. The molecule has 94 valence electrons. The fourth-order valence-electron chi connectivity index (χ4n) is 2.52. The Morgan fingerprint density at radius 2 is 2.18 bits per heavy atom. The van der Waals surface area contributed by atoms with Crippen molar-refractivity contribution in [2.24, 2.45) is 11.8 Å². The van der Waals surface area contributed by atoms with Crippen molar-refractivity contribution in [1.82, 2.24) is 14.5 Å². The molecule has 1 aromatic rings. The van der Waals surface area contributed by atoms with E-state index < -0.39 is 0 Å². The summed E-state index contributed by atoms with van der Waals surface area (Å²) in [5.74, 6) is 1.48. The topological polar surface area (TPSA) is 38.1 Å². The minimum absolute atomic E-state index is 0.0620. The largest absolute Gasteiger partial charge is 0.329 e. The summed E-state index contributed by atoms with van der Waals surface area (Å²) >= 11 is 0. The number of hydrogen-bond donors (Lipinski definition) is 0. The smallest absolute Gasteiger partial charge is 0.324 e. The van der Waals surface area contributed by atoms with Crippen molar-refractivity contribution in [3.05, 3.63) is 18.7 Å². The van der Waals surface area contributed by atoms with Crippen LogP contribution in [0.15, 0.2) is 18.7 Å². The van der Waals surface area contributed by atoms with Gasteiger partial charge in [0, 0.05) is 25.5 Å². The van der Waals surface area contributed by atoms with E-state index in [1.54, 1.807) is 23.3 Å². The van der Waals surface area contributed by atoms with Crippen LogP contribution in [0.3, 0.4) is 0 Å². The van der Waals surface area contributed by atoms with Crippen LogP contribution in [0.4, 0.5) is 4.79 Å². The number of hydrogen-bond acceptors (Lipinski definition) is 2. The molecule has 0 spiro atoms. The highest BCUT2D eigenvalue weighted by Gasteiger charge is 2.22. The second kappa shape index (κ2) is 5.34. The number of nitrogens with zero attached hydrogens (tertiary/aromatic N) is 3. The van der Waals surface area contributed by atoms with Gasteiger partial charge in [0.2, 0.25) is 0 Å². The zero-order chi connectivity index (χ0) is 12.3. The predicted octanol–water partition coefficient (Wildman–Crippen LogP) is 2.61. The number of amides is 1. The maximum absolute atomic E-state index is 12.1. The van der Waals surface area contributed by atoms with Crippen LogP contribution in [-0.2, 0) is 0 Å². The van der Waals surface area contributed by atoms with Gasteiger partial charge in [-0.3, -0.25) is 4.57 Å². The van der Waals surface area contributed by atoms with Crippen molar-refractivity contribution in [1.29, 1.82) is 0 Å². The lowest BCUT2D eigenvalue weighted by Gasteiger charge is -2.21. The van der Waals surface area contributed by atoms with Crippen LogP contribution in [0.2, 0.25) is 0 Å². The molecular weight excluding hydrogens is 214 g/mol. The van der Waals surface area contributed by atoms with Gasteiger partial charge < -0.3 is 4.90 Å². The van der Waals surface area contributed by atoms with Crippen LogP contribution in [0.1, 0.15) is 33.1 Å². The highest BCUT2D eigenvalue weighted by molar-refractivity contribution is 5.76. The van der Waals surface area contributed by atoms with Crippen molar-refractivity contribution in [3.63, 3.8) is 0 Å². The summed E-state index contributed by atoms with van der Waals surface area (Å²) in [4.78, 5) is 18.0. The van der Waals surface area contributed by atoms with Crippen molar-refractivity contribution < 1.29 is 4.79 Å². The molecule has 1 unspecified atom stereocenters. The Hall–Kier alpha value is -1.32. The monoisotopic (exact) mass is 235 g/mol. The molecular formula is C13H21N3O. The van der Waals surface area contributed by atoms with Crippen LogP contribution in [0, 0.1) is 11.8 Å². The normalized spacial score (nSPS) is 21.6. The average Bonchev–Trinajstić information content (AvgIpc) is 2.71. The Labute approximate surface area is 103 Å². The minimum Gasteiger partial charge on any atom is -0.324 e. The average molecular weight is 235 g/mol. The van der Waals surface area contributed by atoms with E-state index in [0.29, 0.717) is 0 Å². The molecule has 2 rings (SSSR count). The molecule has 1 fully saturated rings. The molecule has 0 N–H and O–H groups in total. The molecule has 1 saturated heterocycles. The Kier molecular flexibility index (Phi) is 3.82. The highest BCUT2D eigenvalue weighted by atomic mass is 16.2. The maximum Gasteiger partial charge on any atom is 0.329 e. The number of carbonyl (C=O) groups excluding carboxylic acids is 1. The van der Waals surface area contributed by atoms with E-state index in [9.17, 15) is 4.79 Å². The predicted molar refractivity (Wildman–Crippen MR) is 66.8 cm³/mol. The zero-order valence-electron chi connectivity index (χ0n) is 10.7. The quantitative estimate of drug-likeness (QED) is 0.750. The van der Waals surface area contributed by atoms with E-state index in [2.05, 4.69) is 18.8 Å². The van der Waals surface area contributed by atoms with Gasteiger partial charge in [-0.25, -0.2) is 9.78 Å². The van der Waals surface area contributed by atoms with E-state index in [1.165, 1.54) is 6.42 Å². The van der Waals surface area contributed by atoms with E-state index in [0.717, 1.165) is 37.8 Å². The van der Waals surface area contributed by atoms with Gasteiger partial charge in [-0.2, -0.15) is 0 Å². The fourth-order valence-corrected chi connectivity index (χ4v) is 2.52. The Bertz CT molecular complexity index is 359. The van der Waals surface area contributed by atoms with Crippen molar-refractivity contribution in [2.75, 3.05) is 13.1 Å². The number of aromatic nitrogens is 2. The lowest BCUT2D eigenvalue weighted by Crippen LogP contribution is -2.35. The van der Waals surface area contributed by atoms with Gasteiger partial charge in [-0.15, -0.1) is 0 Å². The Morgan fingerprint density at radius 3 is 2.82 bits per heavy atom. The summed E-state index contributed by atoms with van der Waals surface area (Å²) in [7, 11) is 0. The van der Waals surface area contributed by atoms with Crippen LogP contribution >= 0.6 is 0 Å². The van der Waals surface area contributed by atoms with Crippen LogP contribution in [0.5, 0.6) is 0 Å². The fraction of sp³-hybridized carbons (Fsp3) is 0.692. The van der Waals surface area contributed by atoms with Gasteiger partial charge in [-0.05, 0) is 31.1 Å². The van der Waals surface area contributed by atoms with Gasteiger partial charge in [0.25, 0.3) is 0 Å². The minimum atomic E-state index is 0.0620. The lowest BCUT2D eigenvalue weighted by atomic mass is 9.89. The number of imidazole rings is 1. The third-order valence-electron chi connectivity index (χ3n) is 3.71. The first kappa shape index (κ1) is 12.1. The van der Waals surface area contributed by atoms with Crippen molar-refractivity contribution in [2.45, 2.75) is 33.1 Å². The van der Waals surface area contributed by atoms with E-state index in [4.69, 9.17) is 0 Å². The Balaban J connectivity index is 1.97. The van der Waals surface area contributed by atoms with Gasteiger partial charge in [0.05, 0.1) is 0 Å². The summed E-state index contributed by atoms with van der Waals surface area (Å²) in [6, 6.07) is 0.0620. The molecule has 0 radical (unpaired) electrons. The SMILES string of the molecule is CC(C)C1CCCN(C(=O)n2ccnc2)CC1. The third-order valence-corrected chi connectivity index (χ3v) is 3.71. The Morgan fingerprint density at radius 1 is 1.35 bits per heavy atom. The number of carbonyl (C=O) groups is 1. The molecule has 0 aromatic carbocycles. The zero-order valence-corrected chi connectivity index (χ0v) is 10.7. The third kappa shape index (κ3) is 2.87. The summed E-state index contributed by atoms with van der Waals surface area (Å²) in [6.07, 6.45) is 8.42. The van der Waals surface area contributed by atoms with E-state index in [1.807, 2.05) is 4.90 Å². The second-order valence-electron chi connectivity index (χ2n) is 5.17. The molecule has 0 aliphatic carbocycles. The molecule has 17 heavy (non-hydrogen) atoms. The molecule has 4 nitrogen and oxygen atoms in total. The van der Waals surface area contributed by atoms with Gasteiger partial charge in [0.1, 0.15) is 6.33 Å². The molecule has 1 atom stereocenters. The maximum atomic E-state index is 12.1. The van der Waals surface area contributed by atoms with Crippen molar-refractivity contribution >= 4 is 6.03 Å². The molecule has 4 heteroatoms. The molecule has 1 aromatic heterocycles. The second-order valence-corrected chi connectivity index (χ2v) is 5.17. The summed E-state index contributed by atoms with van der Waals surface area (Å²) in [6.45, 7) is 6.30. The van der Waals surface area contributed by atoms with Gasteiger partial charge >= 0.3 is 6.03 Å².